The molecule has 1 heterocycles. The average molecular weight is 378 g/mol. The normalized spacial score (nSPS) is 25.0. The van der Waals surface area contributed by atoms with E-state index < -0.39 is 15.4 Å². The minimum atomic E-state index is -3.68. The van der Waals surface area contributed by atoms with Crippen molar-refractivity contribution in [2.24, 2.45) is 11.3 Å². The summed E-state index contributed by atoms with van der Waals surface area (Å²) in [7, 11) is -2.07. The Morgan fingerprint density at radius 3 is 2.42 bits per heavy atom. The summed E-state index contributed by atoms with van der Waals surface area (Å²) in [6, 6.07) is 8.20. The predicted molar refractivity (Wildman–Crippen MR) is 100 cm³/mol. The first-order valence-corrected chi connectivity index (χ1v) is 10.7. The van der Waals surface area contributed by atoms with Crippen LogP contribution in [0.1, 0.15) is 44.9 Å². The van der Waals surface area contributed by atoms with Crippen molar-refractivity contribution < 1.29 is 13.2 Å². The van der Waals surface area contributed by atoms with Gasteiger partial charge in [-0.2, -0.15) is 0 Å². The van der Waals surface area contributed by atoms with Gasteiger partial charge in [-0.05, 0) is 24.5 Å². The molecule has 0 spiro atoms. The second-order valence-electron chi connectivity index (χ2n) is 7.61. The molecule has 142 valence electrons. The number of amidine groups is 1. The number of hydrogen-bond donors (Lipinski definition) is 2. The molecule has 1 aliphatic carbocycles. The number of sulfonamides is 1. The zero-order valence-corrected chi connectivity index (χ0v) is 16.0. The number of hydrogen-bond acceptors (Lipinski definition) is 4. The lowest BCUT2D eigenvalue weighted by molar-refractivity contribution is -0.134. The van der Waals surface area contributed by atoms with Gasteiger partial charge < -0.3 is 4.90 Å². The fourth-order valence-corrected chi connectivity index (χ4v) is 5.37. The van der Waals surface area contributed by atoms with E-state index in [1.54, 1.807) is 37.4 Å². The van der Waals surface area contributed by atoms with E-state index >= 15 is 0 Å². The average Bonchev–Trinajstić information content (AvgIpc) is 2.86. The van der Waals surface area contributed by atoms with E-state index in [1.807, 2.05) is 0 Å². The van der Waals surface area contributed by atoms with E-state index in [0.29, 0.717) is 18.8 Å². The molecule has 0 radical (unpaired) electrons. The van der Waals surface area contributed by atoms with Crippen LogP contribution in [0.3, 0.4) is 0 Å². The highest BCUT2D eigenvalue weighted by atomic mass is 32.2. The lowest BCUT2D eigenvalue weighted by Gasteiger charge is -2.32. The van der Waals surface area contributed by atoms with E-state index in [9.17, 15) is 13.2 Å². The molecule has 0 bridgehead atoms. The van der Waals surface area contributed by atoms with Gasteiger partial charge in [-0.1, -0.05) is 50.3 Å². The van der Waals surface area contributed by atoms with Crippen LogP contribution in [0.15, 0.2) is 35.2 Å². The van der Waals surface area contributed by atoms with Crippen molar-refractivity contribution in [3.05, 3.63) is 30.3 Å². The number of nitrogens with one attached hydrogen (secondary N) is 2. The molecule has 7 heteroatoms. The van der Waals surface area contributed by atoms with Crippen molar-refractivity contribution in [3.63, 3.8) is 0 Å². The summed E-state index contributed by atoms with van der Waals surface area (Å²) in [4.78, 5) is 14.5. The second-order valence-corrected chi connectivity index (χ2v) is 9.38. The SMILES string of the molecule is CN1C(=N)CC(CNS(=O)(=O)c2ccccc2)(CC2CCCCC2)C1=O. The van der Waals surface area contributed by atoms with Gasteiger partial charge in [0.05, 0.1) is 10.3 Å². The maximum atomic E-state index is 12.9. The van der Waals surface area contributed by atoms with Crippen LogP contribution in [0.25, 0.3) is 0 Å². The quantitative estimate of drug-likeness (QED) is 0.799. The minimum absolute atomic E-state index is 0.0479. The van der Waals surface area contributed by atoms with Gasteiger partial charge in [-0.3, -0.25) is 10.2 Å². The van der Waals surface area contributed by atoms with Crippen molar-refractivity contribution in [3.8, 4) is 0 Å². The third kappa shape index (κ3) is 3.83. The van der Waals surface area contributed by atoms with Crippen molar-refractivity contribution in [1.82, 2.24) is 9.62 Å². The molecule has 1 unspecified atom stereocenters. The van der Waals surface area contributed by atoms with Crippen molar-refractivity contribution in [1.29, 1.82) is 5.41 Å². The monoisotopic (exact) mass is 377 g/mol. The summed E-state index contributed by atoms with van der Waals surface area (Å²) in [5, 5.41) is 8.08. The summed E-state index contributed by atoms with van der Waals surface area (Å²) in [5.41, 5.74) is -0.838. The van der Waals surface area contributed by atoms with Gasteiger partial charge >= 0.3 is 0 Å². The molecule has 2 fully saturated rings. The smallest absolute Gasteiger partial charge is 0.240 e. The van der Waals surface area contributed by atoms with Gasteiger partial charge in [0.25, 0.3) is 0 Å². The number of benzene rings is 1. The van der Waals surface area contributed by atoms with Crippen LogP contribution in [0.4, 0.5) is 0 Å². The number of carbonyl (C=O) groups is 1. The molecule has 2 aliphatic rings. The number of carbonyl (C=O) groups excluding carboxylic acids is 1. The lowest BCUT2D eigenvalue weighted by atomic mass is 9.73. The first-order valence-electron chi connectivity index (χ1n) is 9.24. The summed E-state index contributed by atoms with van der Waals surface area (Å²) in [5.74, 6) is 0.557. The minimum Gasteiger partial charge on any atom is -0.303 e. The number of nitrogens with zero attached hydrogens (tertiary/aromatic N) is 1. The highest BCUT2D eigenvalue weighted by Gasteiger charge is 2.49. The Morgan fingerprint density at radius 1 is 1.19 bits per heavy atom. The predicted octanol–water partition coefficient (Wildman–Crippen LogP) is 2.76. The first kappa shape index (κ1) is 19.0. The molecule has 3 rings (SSSR count). The van der Waals surface area contributed by atoms with Crippen LogP contribution in [-0.2, 0) is 14.8 Å². The maximum absolute atomic E-state index is 12.9. The second kappa shape index (κ2) is 7.48. The molecule has 26 heavy (non-hydrogen) atoms. The van der Waals surface area contributed by atoms with Crippen molar-refractivity contribution >= 4 is 21.8 Å². The number of likely N-dealkylation sites (tertiary alicyclic amines) is 1. The highest BCUT2D eigenvalue weighted by Crippen LogP contribution is 2.42. The summed E-state index contributed by atoms with van der Waals surface area (Å²) >= 11 is 0. The molecule has 1 aromatic rings. The highest BCUT2D eigenvalue weighted by molar-refractivity contribution is 7.89. The Balaban J connectivity index is 1.80. The maximum Gasteiger partial charge on any atom is 0.240 e. The molecule has 2 N–H and O–H groups in total. The number of rotatable bonds is 6. The van der Waals surface area contributed by atoms with Crippen LogP contribution in [0.2, 0.25) is 0 Å². The third-order valence-electron chi connectivity index (χ3n) is 5.73. The lowest BCUT2D eigenvalue weighted by Crippen LogP contribution is -2.44. The summed E-state index contributed by atoms with van der Waals surface area (Å²) in [6.07, 6.45) is 6.67. The van der Waals surface area contributed by atoms with Gasteiger partial charge in [-0.25, -0.2) is 13.1 Å². The zero-order chi connectivity index (χ0) is 18.8. The Morgan fingerprint density at radius 2 is 1.85 bits per heavy atom. The van der Waals surface area contributed by atoms with Gasteiger partial charge in [-0.15, -0.1) is 0 Å². The molecular weight excluding hydrogens is 350 g/mol. The van der Waals surface area contributed by atoms with Crippen LogP contribution in [0, 0.1) is 16.7 Å². The fraction of sp³-hybridized carbons (Fsp3) is 0.579. The van der Waals surface area contributed by atoms with Crippen LogP contribution < -0.4 is 4.72 Å². The van der Waals surface area contributed by atoms with Gasteiger partial charge in [0.2, 0.25) is 15.9 Å². The molecule has 1 atom stereocenters. The fourth-order valence-electron chi connectivity index (χ4n) is 4.22. The third-order valence-corrected chi connectivity index (χ3v) is 7.14. The van der Waals surface area contributed by atoms with Crippen molar-refractivity contribution in [2.75, 3.05) is 13.6 Å². The van der Waals surface area contributed by atoms with Crippen LogP contribution >= 0.6 is 0 Å². The number of amides is 1. The molecule has 6 nitrogen and oxygen atoms in total. The van der Waals surface area contributed by atoms with Crippen LogP contribution in [-0.4, -0.2) is 38.7 Å². The standard InChI is InChI=1S/C19H27N3O3S/c1-22-17(20)13-19(18(22)23,12-15-8-4-2-5-9-15)14-21-26(24,25)16-10-6-3-7-11-16/h3,6-7,10-11,15,20-21H,2,4-5,8-9,12-14H2,1H3. The summed E-state index contributed by atoms with van der Waals surface area (Å²) in [6.45, 7) is 0.0479. The molecule has 1 amide bonds. The molecule has 1 saturated heterocycles. The largest absolute Gasteiger partial charge is 0.303 e. The van der Waals surface area contributed by atoms with E-state index in [0.717, 1.165) is 25.7 Å². The Hall–Kier alpha value is -1.73. The molecule has 1 saturated carbocycles. The molecule has 0 aromatic heterocycles. The van der Waals surface area contributed by atoms with E-state index in [1.165, 1.54) is 11.3 Å². The molecular formula is C19H27N3O3S. The van der Waals surface area contributed by atoms with Gasteiger partial charge in [0.15, 0.2) is 0 Å². The topological polar surface area (TPSA) is 90.3 Å². The van der Waals surface area contributed by atoms with E-state index in [2.05, 4.69) is 4.72 Å². The first-order chi connectivity index (χ1) is 12.3. The molecule has 1 aromatic carbocycles. The summed E-state index contributed by atoms with van der Waals surface area (Å²) < 4.78 is 27.9. The van der Waals surface area contributed by atoms with E-state index in [-0.39, 0.29) is 23.2 Å². The van der Waals surface area contributed by atoms with Gasteiger partial charge in [0, 0.05) is 20.0 Å². The Kier molecular flexibility index (Phi) is 5.48. The Labute approximate surface area is 155 Å². The molecule has 1 aliphatic heterocycles. The van der Waals surface area contributed by atoms with Crippen molar-refractivity contribution in [2.45, 2.75) is 49.8 Å². The van der Waals surface area contributed by atoms with Gasteiger partial charge in [0.1, 0.15) is 5.84 Å². The zero-order valence-electron chi connectivity index (χ0n) is 15.2. The van der Waals surface area contributed by atoms with E-state index in [4.69, 9.17) is 5.41 Å². The van der Waals surface area contributed by atoms with Crippen LogP contribution in [0.5, 0.6) is 0 Å². The Bertz CT molecular complexity index is 772.